The van der Waals surface area contributed by atoms with E-state index in [9.17, 15) is 13.2 Å². The van der Waals surface area contributed by atoms with E-state index in [1.807, 2.05) is 17.0 Å². The molecule has 2 rings (SSSR count). The average molecular weight is 396 g/mol. The number of carbonyl (C=O) groups excluding carboxylic acids is 1. The Morgan fingerprint density at radius 3 is 2.19 bits per heavy atom. The van der Waals surface area contributed by atoms with Crippen molar-refractivity contribution in [3.63, 3.8) is 0 Å². The Kier molecular flexibility index (Phi) is 7.42. The molecule has 0 spiro atoms. The standard InChI is InChI=1S/C20H33N3O3S/c1-5-6-11-21-19(24)16-22-12-14-23(15-13-22)27(25,26)18-9-7-17(8-10-18)20(2,3)4/h7-10H,5-6,11-16H2,1-4H3,(H,21,24). The van der Waals surface area contributed by atoms with Crippen molar-refractivity contribution in [2.24, 2.45) is 0 Å². The molecule has 1 saturated heterocycles. The highest BCUT2D eigenvalue weighted by atomic mass is 32.2. The molecule has 1 aromatic carbocycles. The van der Waals surface area contributed by atoms with Crippen molar-refractivity contribution in [2.45, 2.75) is 50.8 Å². The van der Waals surface area contributed by atoms with Gasteiger partial charge in [0.2, 0.25) is 15.9 Å². The molecule has 1 aromatic rings. The van der Waals surface area contributed by atoms with Gasteiger partial charge >= 0.3 is 0 Å². The summed E-state index contributed by atoms with van der Waals surface area (Å²) in [5.74, 6) is 0.0116. The Bertz CT molecular complexity index is 716. The summed E-state index contributed by atoms with van der Waals surface area (Å²) in [7, 11) is -3.49. The maximum Gasteiger partial charge on any atom is 0.243 e. The minimum Gasteiger partial charge on any atom is -0.355 e. The Hall–Kier alpha value is -1.44. The Labute approximate surface area is 164 Å². The molecule has 6 nitrogen and oxygen atoms in total. The number of unbranched alkanes of at least 4 members (excludes halogenated alkanes) is 1. The monoisotopic (exact) mass is 395 g/mol. The van der Waals surface area contributed by atoms with E-state index in [4.69, 9.17) is 0 Å². The van der Waals surface area contributed by atoms with Gasteiger partial charge in [-0.3, -0.25) is 9.69 Å². The second-order valence-electron chi connectivity index (χ2n) is 8.16. The topological polar surface area (TPSA) is 69.7 Å². The van der Waals surface area contributed by atoms with Crippen LogP contribution in [-0.4, -0.2) is 62.8 Å². The fourth-order valence-electron chi connectivity index (χ4n) is 3.07. The van der Waals surface area contributed by atoms with Gasteiger partial charge in [0.1, 0.15) is 0 Å². The number of rotatable bonds is 7. The van der Waals surface area contributed by atoms with Crippen LogP contribution < -0.4 is 5.32 Å². The average Bonchev–Trinajstić information content (AvgIpc) is 2.62. The van der Waals surface area contributed by atoms with Crippen LogP contribution in [0.3, 0.4) is 0 Å². The van der Waals surface area contributed by atoms with E-state index in [1.54, 1.807) is 12.1 Å². The van der Waals surface area contributed by atoms with Gasteiger partial charge in [0.15, 0.2) is 0 Å². The van der Waals surface area contributed by atoms with E-state index >= 15 is 0 Å². The van der Waals surface area contributed by atoms with Crippen LogP contribution in [0.1, 0.15) is 46.1 Å². The second kappa shape index (κ2) is 9.17. The normalized spacial score (nSPS) is 17.0. The molecule has 0 radical (unpaired) electrons. The van der Waals surface area contributed by atoms with E-state index in [1.165, 1.54) is 4.31 Å². The van der Waals surface area contributed by atoms with Gasteiger partial charge in [-0.2, -0.15) is 4.31 Å². The third-order valence-electron chi connectivity index (χ3n) is 4.91. The highest BCUT2D eigenvalue weighted by Crippen LogP contribution is 2.25. The smallest absolute Gasteiger partial charge is 0.243 e. The van der Waals surface area contributed by atoms with Crippen molar-refractivity contribution in [1.29, 1.82) is 0 Å². The molecule has 0 atom stereocenters. The first-order valence-corrected chi connectivity index (χ1v) is 11.2. The molecule has 1 fully saturated rings. The summed E-state index contributed by atoms with van der Waals surface area (Å²) in [6, 6.07) is 7.18. The largest absolute Gasteiger partial charge is 0.355 e. The first-order chi connectivity index (χ1) is 12.6. The van der Waals surface area contributed by atoms with Gasteiger partial charge in [-0.05, 0) is 29.5 Å². The van der Waals surface area contributed by atoms with Crippen LogP contribution in [-0.2, 0) is 20.2 Å². The molecule has 0 aliphatic carbocycles. The van der Waals surface area contributed by atoms with Gasteiger partial charge in [0, 0.05) is 32.7 Å². The second-order valence-corrected chi connectivity index (χ2v) is 10.1. The summed E-state index contributed by atoms with van der Waals surface area (Å²) >= 11 is 0. The first-order valence-electron chi connectivity index (χ1n) is 9.74. The van der Waals surface area contributed by atoms with Crippen LogP contribution in [0, 0.1) is 0 Å². The van der Waals surface area contributed by atoms with Crippen molar-refractivity contribution < 1.29 is 13.2 Å². The number of nitrogens with one attached hydrogen (secondary N) is 1. The van der Waals surface area contributed by atoms with Crippen molar-refractivity contribution in [2.75, 3.05) is 39.3 Å². The molecule has 0 aromatic heterocycles. The van der Waals surface area contributed by atoms with Gasteiger partial charge in [0.05, 0.1) is 11.4 Å². The zero-order valence-corrected chi connectivity index (χ0v) is 17.8. The van der Waals surface area contributed by atoms with Crippen molar-refractivity contribution >= 4 is 15.9 Å². The van der Waals surface area contributed by atoms with Crippen molar-refractivity contribution in [3.05, 3.63) is 29.8 Å². The predicted octanol–water partition coefficient (Wildman–Crippen LogP) is 2.21. The zero-order chi connectivity index (χ0) is 20.1. The quantitative estimate of drug-likeness (QED) is 0.719. The maximum absolute atomic E-state index is 12.9. The van der Waals surface area contributed by atoms with Crippen LogP contribution in [0.5, 0.6) is 0 Å². The molecule has 0 unspecified atom stereocenters. The molecule has 1 aliphatic rings. The van der Waals surface area contributed by atoms with E-state index in [0.29, 0.717) is 44.2 Å². The lowest BCUT2D eigenvalue weighted by molar-refractivity contribution is -0.122. The minimum absolute atomic E-state index is 0.00831. The highest BCUT2D eigenvalue weighted by molar-refractivity contribution is 7.89. The summed E-state index contributed by atoms with van der Waals surface area (Å²) < 4.78 is 27.3. The Morgan fingerprint density at radius 1 is 1.07 bits per heavy atom. The molecule has 27 heavy (non-hydrogen) atoms. The lowest BCUT2D eigenvalue weighted by Crippen LogP contribution is -2.51. The van der Waals surface area contributed by atoms with Gasteiger partial charge in [-0.25, -0.2) is 8.42 Å². The number of carbonyl (C=O) groups is 1. The molecule has 0 saturated carbocycles. The van der Waals surface area contributed by atoms with Crippen LogP contribution in [0.15, 0.2) is 29.2 Å². The molecule has 1 aliphatic heterocycles. The lowest BCUT2D eigenvalue weighted by atomic mass is 9.87. The Morgan fingerprint density at radius 2 is 1.67 bits per heavy atom. The molecule has 1 heterocycles. The number of nitrogens with zero attached hydrogens (tertiary/aromatic N) is 2. The first kappa shape index (κ1) is 21.9. The van der Waals surface area contributed by atoms with E-state index in [2.05, 4.69) is 33.0 Å². The fraction of sp³-hybridized carbons (Fsp3) is 0.650. The van der Waals surface area contributed by atoms with Gasteiger partial charge in [-0.1, -0.05) is 46.2 Å². The van der Waals surface area contributed by atoms with Gasteiger partial charge in [0.25, 0.3) is 0 Å². The van der Waals surface area contributed by atoms with Gasteiger partial charge < -0.3 is 5.32 Å². The lowest BCUT2D eigenvalue weighted by Gasteiger charge is -2.33. The van der Waals surface area contributed by atoms with E-state index < -0.39 is 10.0 Å². The van der Waals surface area contributed by atoms with Crippen LogP contribution in [0.4, 0.5) is 0 Å². The molecular weight excluding hydrogens is 362 g/mol. The van der Waals surface area contributed by atoms with E-state index in [-0.39, 0.29) is 11.3 Å². The maximum atomic E-state index is 12.9. The number of hydrogen-bond donors (Lipinski definition) is 1. The summed E-state index contributed by atoms with van der Waals surface area (Å²) in [6.07, 6.45) is 2.03. The number of hydrogen-bond acceptors (Lipinski definition) is 4. The van der Waals surface area contributed by atoms with Crippen LogP contribution in [0.2, 0.25) is 0 Å². The van der Waals surface area contributed by atoms with E-state index in [0.717, 1.165) is 18.4 Å². The third kappa shape index (κ3) is 6.02. The molecule has 0 bridgehead atoms. The molecule has 152 valence electrons. The molecular formula is C20H33N3O3S. The number of benzene rings is 1. The molecule has 1 amide bonds. The molecule has 1 N–H and O–H groups in total. The van der Waals surface area contributed by atoms with Crippen molar-refractivity contribution in [3.8, 4) is 0 Å². The third-order valence-corrected chi connectivity index (χ3v) is 6.82. The number of piperazine rings is 1. The number of amides is 1. The fourth-order valence-corrected chi connectivity index (χ4v) is 4.49. The molecule has 7 heteroatoms. The Balaban J connectivity index is 1.91. The van der Waals surface area contributed by atoms with Crippen LogP contribution >= 0.6 is 0 Å². The minimum atomic E-state index is -3.49. The number of sulfonamides is 1. The summed E-state index contributed by atoms with van der Waals surface area (Å²) in [5.41, 5.74) is 1.10. The summed E-state index contributed by atoms with van der Waals surface area (Å²) in [5, 5.41) is 2.90. The zero-order valence-electron chi connectivity index (χ0n) is 17.0. The SMILES string of the molecule is CCCCNC(=O)CN1CCN(S(=O)(=O)c2ccc(C(C)(C)C)cc2)CC1. The van der Waals surface area contributed by atoms with Crippen molar-refractivity contribution in [1.82, 2.24) is 14.5 Å². The van der Waals surface area contributed by atoms with Crippen LogP contribution in [0.25, 0.3) is 0 Å². The highest BCUT2D eigenvalue weighted by Gasteiger charge is 2.29. The predicted molar refractivity (Wildman–Crippen MR) is 108 cm³/mol. The van der Waals surface area contributed by atoms with Gasteiger partial charge in [-0.15, -0.1) is 0 Å². The summed E-state index contributed by atoms with van der Waals surface area (Å²) in [4.78, 5) is 14.3. The summed E-state index contributed by atoms with van der Waals surface area (Å²) in [6.45, 7) is 11.4.